The molecule has 0 radical (unpaired) electrons. The highest BCUT2D eigenvalue weighted by Crippen LogP contribution is 2.38. The number of alkyl halides is 3. The van der Waals surface area contributed by atoms with Gasteiger partial charge in [-0.2, -0.15) is 13.2 Å². The molecule has 0 saturated carbocycles. The number of rotatable bonds is 4. The first-order valence-corrected chi connectivity index (χ1v) is 11.0. The van der Waals surface area contributed by atoms with Crippen LogP contribution in [0.2, 0.25) is 0 Å². The van der Waals surface area contributed by atoms with Gasteiger partial charge in [0.15, 0.2) is 5.82 Å². The zero-order valence-electron chi connectivity index (χ0n) is 13.1. The summed E-state index contributed by atoms with van der Waals surface area (Å²) in [5.74, 6) is -1.02. The third kappa shape index (κ3) is 3.71. The normalized spacial score (nSPS) is 17.8. The fraction of sp³-hybridized carbons (Fsp3) is 0.462. The number of halogens is 5. The molecule has 1 heterocycles. The molecule has 0 bridgehead atoms. The van der Waals surface area contributed by atoms with Gasteiger partial charge in [-0.15, -0.1) is 0 Å². The summed E-state index contributed by atoms with van der Waals surface area (Å²) >= 11 is 1.93. The number of hydrogen-bond donors (Lipinski definition) is 2. The molecule has 1 unspecified atom stereocenters. The van der Waals surface area contributed by atoms with E-state index in [4.69, 9.17) is 14.7 Å². The molecule has 11 heteroatoms. The van der Waals surface area contributed by atoms with Crippen LogP contribution >= 0.6 is 28.4 Å². The van der Waals surface area contributed by atoms with E-state index in [-0.39, 0.29) is 29.7 Å². The first-order chi connectivity index (χ1) is 11.0. The summed E-state index contributed by atoms with van der Waals surface area (Å²) in [6.07, 6.45) is -4.08. The number of benzene rings is 1. The average molecular weight is 476 g/mol. The van der Waals surface area contributed by atoms with Crippen LogP contribution < -0.4 is 10.6 Å². The van der Waals surface area contributed by atoms with Crippen molar-refractivity contribution in [2.45, 2.75) is 32.5 Å². The van der Waals surface area contributed by atoms with Crippen molar-refractivity contribution in [3.05, 3.63) is 22.5 Å². The number of anilines is 1. The Balaban J connectivity index is 2.80. The van der Waals surface area contributed by atoms with Crippen molar-refractivity contribution in [3.63, 3.8) is 0 Å². The summed E-state index contributed by atoms with van der Waals surface area (Å²) < 4.78 is 66.2. The zero-order valence-corrected chi connectivity index (χ0v) is 16.2. The minimum Gasteiger partial charge on any atom is -0.404 e. The molecule has 1 aliphatic rings. The molecule has 1 aliphatic heterocycles. The molecule has 1 fully saturated rings. The second-order valence-corrected chi connectivity index (χ2v) is 7.96. The van der Waals surface area contributed by atoms with Crippen LogP contribution in [0.4, 0.5) is 23.2 Å². The monoisotopic (exact) mass is 476 g/mol. The van der Waals surface area contributed by atoms with Gasteiger partial charge in [0.1, 0.15) is 0 Å². The molecule has 2 rings (SSSR count). The van der Waals surface area contributed by atoms with Gasteiger partial charge in [0, 0.05) is 23.6 Å². The Labute approximate surface area is 152 Å². The standard InChI is InChI=1S/C13H15BF4IN2O2P/c1-6-8(13(16,17)18)9(14-22-5-12(2,3)23-14)7(4-20)11(10(6)15)21-24-19/h4,20-21,24H,5H2,1-3H3. The van der Waals surface area contributed by atoms with Crippen LogP contribution in [0.15, 0.2) is 0 Å². The zero-order chi connectivity index (χ0) is 18.3. The number of hydrogen-bond acceptors (Lipinski definition) is 4. The molecule has 1 aromatic carbocycles. The third-order valence-corrected chi connectivity index (χ3v) is 4.75. The fourth-order valence-corrected chi connectivity index (χ4v) is 3.74. The maximum Gasteiger partial charge on any atom is 0.495 e. The Hall–Kier alpha value is -0.445. The Bertz CT molecular complexity index is 673. The van der Waals surface area contributed by atoms with Gasteiger partial charge in [0.05, 0.1) is 23.5 Å². The molecule has 0 aromatic heterocycles. The molecule has 0 aliphatic carbocycles. The van der Waals surface area contributed by atoms with Gasteiger partial charge in [-0.1, -0.05) is 0 Å². The first-order valence-electron chi connectivity index (χ1n) is 6.88. The van der Waals surface area contributed by atoms with Gasteiger partial charge >= 0.3 is 13.3 Å². The van der Waals surface area contributed by atoms with E-state index >= 15 is 0 Å². The van der Waals surface area contributed by atoms with Crippen LogP contribution in [-0.4, -0.2) is 25.5 Å². The molecule has 24 heavy (non-hydrogen) atoms. The molecular formula is C13H15BF4IN2O2P. The van der Waals surface area contributed by atoms with Gasteiger partial charge in [0.2, 0.25) is 0 Å². The topological polar surface area (TPSA) is 54.3 Å². The Morgan fingerprint density at radius 2 is 2.04 bits per heavy atom. The summed E-state index contributed by atoms with van der Waals surface area (Å²) in [6.45, 7) is 4.54. The fourth-order valence-electron chi connectivity index (χ4n) is 2.59. The molecule has 1 saturated heterocycles. The first kappa shape index (κ1) is 19.9. The average Bonchev–Trinajstić information content (AvgIpc) is 2.82. The van der Waals surface area contributed by atoms with Crippen molar-refractivity contribution in [2.24, 2.45) is 0 Å². The SMILES string of the molecule is Cc1c(F)c(NPI)c(C=N)c(B2OCC(C)(C)O2)c1C(F)(F)F. The lowest BCUT2D eigenvalue weighted by Gasteiger charge is -2.24. The van der Waals surface area contributed by atoms with Gasteiger partial charge in [-0.3, -0.25) is 0 Å². The van der Waals surface area contributed by atoms with Crippen LogP contribution in [0, 0.1) is 18.2 Å². The van der Waals surface area contributed by atoms with Gasteiger partial charge in [-0.05, 0) is 48.4 Å². The molecule has 1 atom stereocenters. The van der Waals surface area contributed by atoms with Crippen LogP contribution in [0.25, 0.3) is 0 Å². The molecular weight excluding hydrogens is 461 g/mol. The van der Waals surface area contributed by atoms with Crippen molar-refractivity contribution in [1.82, 2.24) is 0 Å². The Kier molecular flexibility index (Phi) is 5.84. The summed E-state index contributed by atoms with van der Waals surface area (Å²) in [4.78, 5) is 0. The lowest BCUT2D eigenvalue weighted by Crippen LogP contribution is -2.43. The predicted octanol–water partition coefficient (Wildman–Crippen LogP) is 4.03. The van der Waals surface area contributed by atoms with E-state index in [1.54, 1.807) is 13.8 Å². The van der Waals surface area contributed by atoms with Crippen LogP contribution in [0.3, 0.4) is 0 Å². The summed E-state index contributed by atoms with van der Waals surface area (Å²) in [6, 6.07) is 0. The lowest BCUT2D eigenvalue weighted by atomic mass is 9.71. The second kappa shape index (κ2) is 7.05. The van der Waals surface area contributed by atoms with Crippen molar-refractivity contribution in [1.29, 1.82) is 5.41 Å². The summed E-state index contributed by atoms with van der Waals surface area (Å²) in [7, 11) is -1.31. The van der Waals surface area contributed by atoms with Crippen LogP contribution in [-0.2, 0) is 15.5 Å². The van der Waals surface area contributed by atoms with E-state index in [1.807, 2.05) is 22.0 Å². The highest BCUT2D eigenvalue weighted by Gasteiger charge is 2.47. The number of nitrogens with one attached hydrogen (secondary N) is 2. The second-order valence-electron chi connectivity index (χ2n) is 5.90. The van der Waals surface area contributed by atoms with Crippen molar-refractivity contribution < 1.29 is 26.9 Å². The van der Waals surface area contributed by atoms with Crippen LogP contribution in [0.5, 0.6) is 0 Å². The summed E-state index contributed by atoms with van der Waals surface area (Å²) in [5, 5.41) is 10.2. The minimum absolute atomic E-state index is 0.0203. The largest absolute Gasteiger partial charge is 0.495 e. The highest BCUT2D eigenvalue weighted by molar-refractivity contribution is 14.2. The maximum atomic E-state index is 14.5. The van der Waals surface area contributed by atoms with E-state index in [1.165, 1.54) is 0 Å². The van der Waals surface area contributed by atoms with Crippen molar-refractivity contribution >= 4 is 52.9 Å². The van der Waals surface area contributed by atoms with Crippen molar-refractivity contribution in [3.8, 4) is 0 Å². The minimum atomic E-state index is -4.80. The van der Waals surface area contributed by atoms with E-state index in [0.717, 1.165) is 6.92 Å². The molecule has 4 nitrogen and oxygen atoms in total. The Morgan fingerprint density at radius 1 is 1.42 bits per heavy atom. The van der Waals surface area contributed by atoms with Gasteiger partial charge in [0.25, 0.3) is 0 Å². The van der Waals surface area contributed by atoms with Gasteiger partial charge in [-0.25, -0.2) is 4.39 Å². The van der Waals surface area contributed by atoms with E-state index in [0.29, 0.717) is 6.21 Å². The Morgan fingerprint density at radius 3 is 2.46 bits per heavy atom. The van der Waals surface area contributed by atoms with Gasteiger partial charge < -0.3 is 19.8 Å². The molecule has 132 valence electrons. The lowest BCUT2D eigenvalue weighted by molar-refractivity contribution is -0.137. The maximum absolute atomic E-state index is 14.5. The molecule has 1 aromatic rings. The molecule has 0 amide bonds. The smallest absolute Gasteiger partial charge is 0.404 e. The van der Waals surface area contributed by atoms with Crippen LogP contribution in [0.1, 0.15) is 30.5 Å². The van der Waals surface area contributed by atoms with E-state index < -0.39 is 35.8 Å². The summed E-state index contributed by atoms with van der Waals surface area (Å²) in [5.41, 5.74) is -3.18. The quantitative estimate of drug-likeness (QED) is 0.227. The predicted molar refractivity (Wildman–Crippen MR) is 96.5 cm³/mol. The highest BCUT2D eigenvalue weighted by atomic mass is 127. The molecule has 0 spiro atoms. The van der Waals surface area contributed by atoms with Crippen molar-refractivity contribution in [2.75, 3.05) is 11.7 Å². The van der Waals surface area contributed by atoms with E-state index in [2.05, 4.69) is 5.09 Å². The molecule has 2 N–H and O–H groups in total. The van der Waals surface area contributed by atoms with E-state index in [9.17, 15) is 17.6 Å². The third-order valence-electron chi connectivity index (χ3n) is 3.60.